The summed E-state index contributed by atoms with van der Waals surface area (Å²) in [6, 6.07) is 0. The molecular weight excluding hydrogens is 1020 g/mol. The van der Waals surface area contributed by atoms with E-state index in [1.165, 1.54) is 83.5 Å². The van der Waals surface area contributed by atoms with Crippen molar-refractivity contribution in [3.63, 3.8) is 0 Å². The first kappa shape index (κ1) is 77.8. The van der Waals surface area contributed by atoms with Crippen LogP contribution >= 0.6 is 0 Å². The number of carbonyl (C=O) groups excluding carboxylic acids is 3. The molecule has 0 aromatic rings. The molecule has 0 aliphatic carbocycles. The van der Waals surface area contributed by atoms with E-state index in [1.807, 2.05) is 0 Å². The van der Waals surface area contributed by atoms with Gasteiger partial charge in [0, 0.05) is 19.3 Å². The van der Waals surface area contributed by atoms with Gasteiger partial charge >= 0.3 is 17.9 Å². The maximum Gasteiger partial charge on any atom is 0.306 e. The molecule has 1 unspecified atom stereocenters. The van der Waals surface area contributed by atoms with Crippen molar-refractivity contribution in [2.45, 2.75) is 284 Å². The maximum absolute atomic E-state index is 12.9. The molecule has 0 rings (SSSR count). The zero-order chi connectivity index (χ0) is 59.9. The summed E-state index contributed by atoms with van der Waals surface area (Å²) >= 11 is 0. The Morgan fingerprint density at radius 1 is 0.253 bits per heavy atom. The Balaban J connectivity index is 4.39. The molecule has 6 nitrogen and oxygen atoms in total. The lowest BCUT2D eigenvalue weighted by Crippen LogP contribution is -2.30. The first-order valence-corrected chi connectivity index (χ1v) is 33.6. The highest BCUT2D eigenvalue weighted by Crippen LogP contribution is 2.15. The second kappa shape index (κ2) is 69.3. The van der Waals surface area contributed by atoms with Crippen molar-refractivity contribution in [1.29, 1.82) is 0 Å². The Hall–Kier alpha value is -5.23. The average Bonchev–Trinajstić information content (AvgIpc) is 3.48. The van der Waals surface area contributed by atoms with E-state index in [0.29, 0.717) is 25.7 Å². The summed E-state index contributed by atoms with van der Waals surface area (Å²) in [6.45, 7) is 6.36. The number of unbranched alkanes of at least 4 members (excludes halogenated alkanes) is 20. The first-order chi connectivity index (χ1) is 41.0. The summed E-state index contributed by atoms with van der Waals surface area (Å²) in [6.07, 6.45) is 102. The largest absolute Gasteiger partial charge is 0.462 e. The van der Waals surface area contributed by atoms with Crippen LogP contribution < -0.4 is 0 Å². The zero-order valence-electron chi connectivity index (χ0n) is 53.4. The molecule has 0 radical (unpaired) electrons. The Labute approximate surface area is 511 Å². The van der Waals surface area contributed by atoms with E-state index in [2.05, 4.69) is 191 Å². The molecule has 466 valence electrons. The molecule has 0 saturated heterocycles. The third kappa shape index (κ3) is 67.4. The van der Waals surface area contributed by atoms with Crippen LogP contribution in [-0.4, -0.2) is 37.2 Å². The smallest absolute Gasteiger partial charge is 0.306 e. The molecule has 0 bridgehead atoms. The standard InChI is InChI=1S/C77H122O6/c1-4-7-10-13-16-19-22-24-26-28-30-32-33-34-35-36-37-38-39-40-41-42-43-45-46-48-50-52-55-58-61-64-67-70-76(79)82-73-74(72-81-75(78)69-66-63-60-57-54-21-18-15-12-9-6-3)83-77(80)71-68-65-62-59-56-53-51-49-47-44-31-29-27-25-23-20-17-14-11-8-5-2/h7-8,10-11,16-17,19-20,24-27,30-32,34-35,37-38,40-41,43-45,48,50,55,58,74H,4-6,9,12-15,18,21-23,28-29,33,36,39,42,46-47,49,51-54,56-57,59-73H2,1-3H3/b10-7-,11-8-,19-16-,20-17-,26-24-,27-25-,32-30-,35-34-,38-37-,41-40-,44-31-,45-43-,50-48-,58-55-. The molecule has 0 aromatic heterocycles. The minimum absolute atomic E-state index is 0.0998. The first-order valence-electron chi connectivity index (χ1n) is 33.6. The molecule has 6 heteroatoms. The van der Waals surface area contributed by atoms with Crippen LogP contribution in [0.1, 0.15) is 278 Å². The van der Waals surface area contributed by atoms with Crippen molar-refractivity contribution in [2.24, 2.45) is 0 Å². The van der Waals surface area contributed by atoms with Gasteiger partial charge in [-0.15, -0.1) is 0 Å². The predicted molar refractivity (Wildman–Crippen MR) is 361 cm³/mol. The topological polar surface area (TPSA) is 78.9 Å². The predicted octanol–water partition coefficient (Wildman–Crippen LogP) is 23.4. The van der Waals surface area contributed by atoms with Gasteiger partial charge in [-0.2, -0.15) is 0 Å². The number of hydrogen-bond donors (Lipinski definition) is 0. The van der Waals surface area contributed by atoms with Gasteiger partial charge < -0.3 is 14.2 Å². The molecule has 0 fully saturated rings. The van der Waals surface area contributed by atoms with Gasteiger partial charge in [0.25, 0.3) is 0 Å². The molecule has 0 aliphatic heterocycles. The Morgan fingerprint density at radius 2 is 0.470 bits per heavy atom. The Kier molecular flexibility index (Phi) is 64.9. The van der Waals surface area contributed by atoms with Crippen LogP contribution in [0.15, 0.2) is 170 Å². The van der Waals surface area contributed by atoms with E-state index in [0.717, 1.165) is 148 Å². The molecule has 0 amide bonds. The van der Waals surface area contributed by atoms with Crippen LogP contribution in [0.4, 0.5) is 0 Å². The van der Waals surface area contributed by atoms with Crippen LogP contribution in [0.3, 0.4) is 0 Å². The monoisotopic (exact) mass is 1140 g/mol. The summed E-state index contributed by atoms with van der Waals surface area (Å²) in [5.41, 5.74) is 0. The molecule has 1 atom stereocenters. The highest BCUT2D eigenvalue weighted by atomic mass is 16.6. The highest BCUT2D eigenvalue weighted by Gasteiger charge is 2.19. The van der Waals surface area contributed by atoms with E-state index < -0.39 is 6.10 Å². The van der Waals surface area contributed by atoms with Crippen molar-refractivity contribution in [3.05, 3.63) is 170 Å². The fourth-order valence-electron chi connectivity index (χ4n) is 8.76. The molecule has 0 aromatic carbocycles. The SMILES string of the molecule is CC/C=C\C/C=C\C/C=C\C/C=C\C/C=C\C/C=C\C/C=C\C/C=C\C/C=C\C/C=C\CCCCC(=O)OCC(COC(=O)CCCCCCCCCCCCC)OC(=O)CCCCCCCCCC/C=C\C/C=C\C/C=C\C/C=C\CC. The van der Waals surface area contributed by atoms with Gasteiger partial charge in [-0.1, -0.05) is 294 Å². The van der Waals surface area contributed by atoms with E-state index in [1.54, 1.807) is 0 Å². The van der Waals surface area contributed by atoms with Gasteiger partial charge in [0.1, 0.15) is 13.2 Å². The molecular formula is C77H122O6. The highest BCUT2D eigenvalue weighted by molar-refractivity contribution is 5.71. The van der Waals surface area contributed by atoms with Gasteiger partial charge in [-0.3, -0.25) is 14.4 Å². The third-order valence-corrected chi connectivity index (χ3v) is 13.7. The lowest BCUT2D eigenvalue weighted by Gasteiger charge is -2.18. The number of hydrogen-bond acceptors (Lipinski definition) is 6. The normalized spacial score (nSPS) is 13.2. The lowest BCUT2D eigenvalue weighted by atomic mass is 10.1. The minimum atomic E-state index is -0.808. The Bertz CT molecular complexity index is 1890. The van der Waals surface area contributed by atoms with E-state index in [9.17, 15) is 14.4 Å². The van der Waals surface area contributed by atoms with E-state index in [-0.39, 0.29) is 31.1 Å². The van der Waals surface area contributed by atoms with Crippen LogP contribution in [0.25, 0.3) is 0 Å². The summed E-state index contributed by atoms with van der Waals surface area (Å²) in [7, 11) is 0. The van der Waals surface area contributed by atoms with Crippen LogP contribution in [0, 0.1) is 0 Å². The van der Waals surface area contributed by atoms with Crippen LogP contribution in [0.2, 0.25) is 0 Å². The molecule has 83 heavy (non-hydrogen) atoms. The van der Waals surface area contributed by atoms with Gasteiger partial charge in [0.05, 0.1) is 0 Å². The molecule has 0 heterocycles. The molecule has 0 saturated carbocycles. The fourth-order valence-corrected chi connectivity index (χ4v) is 8.76. The molecule has 0 spiro atoms. The number of rotatable bonds is 59. The number of esters is 3. The quantitative estimate of drug-likeness (QED) is 0.0261. The van der Waals surface area contributed by atoms with Crippen molar-refractivity contribution in [2.75, 3.05) is 13.2 Å². The second-order valence-electron chi connectivity index (χ2n) is 21.6. The van der Waals surface area contributed by atoms with E-state index in [4.69, 9.17) is 14.2 Å². The van der Waals surface area contributed by atoms with Crippen LogP contribution in [-0.2, 0) is 28.6 Å². The van der Waals surface area contributed by atoms with Gasteiger partial charge in [0.15, 0.2) is 6.10 Å². The fraction of sp³-hybridized carbons (Fsp3) is 0.597. The van der Waals surface area contributed by atoms with Crippen molar-refractivity contribution >= 4 is 17.9 Å². The average molecular weight is 1140 g/mol. The third-order valence-electron chi connectivity index (χ3n) is 13.7. The van der Waals surface area contributed by atoms with Crippen molar-refractivity contribution < 1.29 is 28.6 Å². The Morgan fingerprint density at radius 3 is 0.759 bits per heavy atom. The van der Waals surface area contributed by atoms with Gasteiger partial charge in [-0.05, 0) is 135 Å². The minimum Gasteiger partial charge on any atom is -0.462 e. The van der Waals surface area contributed by atoms with Gasteiger partial charge in [-0.25, -0.2) is 0 Å². The summed E-state index contributed by atoms with van der Waals surface area (Å²) in [5, 5.41) is 0. The van der Waals surface area contributed by atoms with Gasteiger partial charge in [0.2, 0.25) is 0 Å². The summed E-state index contributed by atoms with van der Waals surface area (Å²) in [5.74, 6) is -0.956. The van der Waals surface area contributed by atoms with E-state index >= 15 is 0 Å². The van der Waals surface area contributed by atoms with Crippen molar-refractivity contribution in [1.82, 2.24) is 0 Å². The molecule has 0 aliphatic rings. The van der Waals surface area contributed by atoms with Crippen LogP contribution in [0.5, 0.6) is 0 Å². The number of carbonyl (C=O) groups is 3. The summed E-state index contributed by atoms with van der Waals surface area (Å²) < 4.78 is 16.9. The summed E-state index contributed by atoms with van der Waals surface area (Å²) in [4.78, 5) is 38.3. The lowest BCUT2D eigenvalue weighted by molar-refractivity contribution is -0.167. The molecule has 0 N–H and O–H groups in total. The number of ether oxygens (including phenoxy) is 3. The maximum atomic E-state index is 12.9. The van der Waals surface area contributed by atoms with Crippen molar-refractivity contribution in [3.8, 4) is 0 Å². The second-order valence-corrected chi connectivity index (χ2v) is 21.6. The number of allylic oxidation sites excluding steroid dienone is 28. The zero-order valence-corrected chi connectivity index (χ0v) is 53.4.